The molecule has 0 saturated carbocycles. The summed E-state index contributed by atoms with van der Waals surface area (Å²) in [5.74, 6) is -0.377. The van der Waals surface area contributed by atoms with Crippen LogP contribution in [0.5, 0.6) is 0 Å². The van der Waals surface area contributed by atoms with Crippen molar-refractivity contribution in [1.82, 2.24) is 30.7 Å². The molecule has 5 aromatic rings. The molecule has 6 rings (SSSR count). The number of benzene rings is 3. The minimum Gasteiger partial charge on any atom is -0.378 e. The molecule has 10 nitrogen and oxygen atoms in total. The Labute approximate surface area is 192 Å². The van der Waals surface area contributed by atoms with Crippen LogP contribution in [-0.2, 0) is 0 Å². The highest BCUT2D eigenvalue weighted by molar-refractivity contribution is 6.24. The topological polar surface area (TPSA) is 137 Å². The third kappa shape index (κ3) is 3.05. The third-order valence-electron chi connectivity index (χ3n) is 5.55. The molecule has 164 valence electrons. The lowest BCUT2D eigenvalue weighted by Crippen LogP contribution is -2.21. The predicted molar refractivity (Wildman–Crippen MR) is 124 cm³/mol. The Kier molecular flexibility index (Phi) is 4.48. The average Bonchev–Trinajstić information content (AvgIpc) is 3.58. The van der Waals surface area contributed by atoms with Crippen LogP contribution in [0.25, 0.3) is 28.2 Å². The minimum absolute atomic E-state index is 0.0217. The molecule has 0 saturated heterocycles. The van der Waals surface area contributed by atoms with Gasteiger partial charge in [0.25, 0.3) is 5.91 Å². The molecule has 0 radical (unpaired) electrons. The normalized spacial score (nSPS) is 11.7. The summed E-state index contributed by atoms with van der Waals surface area (Å²) in [6, 6.07) is 25.1. The van der Waals surface area contributed by atoms with E-state index >= 15 is 0 Å². The van der Waals surface area contributed by atoms with Crippen molar-refractivity contribution in [2.75, 3.05) is 5.73 Å². The van der Waals surface area contributed by atoms with Gasteiger partial charge in [0, 0.05) is 16.7 Å². The first-order valence-electron chi connectivity index (χ1n) is 10.4. The zero-order valence-corrected chi connectivity index (χ0v) is 17.6. The number of aromatic nitrogens is 5. The monoisotopic (exact) mass is 448 g/mol. The van der Waals surface area contributed by atoms with E-state index in [0.717, 1.165) is 22.3 Å². The molecule has 1 amide bonds. The van der Waals surface area contributed by atoms with Crippen LogP contribution in [0.3, 0.4) is 0 Å². The van der Waals surface area contributed by atoms with Crippen LogP contribution in [-0.4, -0.2) is 36.9 Å². The van der Waals surface area contributed by atoms with Gasteiger partial charge in [-0.25, -0.2) is 10.1 Å². The molecule has 0 bridgehead atoms. The highest BCUT2D eigenvalue weighted by atomic mass is 16.6. The third-order valence-corrected chi connectivity index (χ3v) is 5.55. The van der Waals surface area contributed by atoms with Crippen molar-refractivity contribution in [3.05, 3.63) is 95.7 Å². The van der Waals surface area contributed by atoms with Gasteiger partial charge in [-0.05, 0) is 21.4 Å². The number of rotatable bonds is 4. The number of nitrogens with zero attached hydrogens (tertiary/aromatic N) is 6. The lowest BCUT2D eigenvalue weighted by atomic mass is 10.1. The highest BCUT2D eigenvalue weighted by Gasteiger charge is 2.27. The number of anilines is 1. The Bertz CT molecular complexity index is 1520. The average molecular weight is 448 g/mol. The number of hydrazone groups is 1. The summed E-state index contributed by atoms with van der Waals surface area (Å²) in [6.07, 6.45) is 0. The zero-order chi connectivity index (χ0) is 23.1. The van der Waals surface area contributed by atoms with Crippen LogP contribution in [0, 0.1) is 0 Å². The van der Waals surface area contributed by atoms with E-state index in [4.69, 9.17) is 10.4 Å². The summed E-state index contributed by atoms with van der Waals surface area (Å²) < 4.78 is 6.03. The molecule has 34 heavy (non-hydrogen) atoms. The van der Waals surface area contributed by atoms with Gasteiger partial charge in [0.2, 0.25) is 11.6 Å². The fraction of sp³-hybridized carbons (Fsp3) is 0. The van der Waals surface area contributed by atoms with Crippen LogP contribution >= 0.6 is 0 Å². The number of amides is 1. The largest absolute Gasteiger partial charge is 0.378 e. The molecule has 3 N–H and O–H groups in total. The molecule has 0 atom stereocenters. The summed E-state index contributed by atoms with van der Waals surface area (Å²) >= 11 is 0. The van der Waals surface area contributed by atoms with Gasteiger partial charge in [-0.2, -0.15) is 9.78 Å². The van der Waals surface area contributed by atoms with Crippen molar-refractivity contribution in [3.63, 3.8) is 0 Å². The number of nitrogens with two attached hydrogens (primary N) is 1. The predicted octanol–water partition coefficient (Wildman–Crippen LogP) is 3.06. The Morgan fingerprint density at radius 1 is 0.853 bits per heavy atom. The molecule has 2 aromatic heterocycles. The van der Waals surface area contributed by atoms with E-state index in [0.29, 0.717) is 17.0 Å². The van der Waals surface area contributed by atoms with Gasteiger partial charge < -0.3 is 5.73 Å². The molecule has 0 aliphatic heterocycles. The molecule has 3 aromatic carbocycles. The van der Waals surface area contributed by atoms with Gasteiger partial charge >= 0.3 is 0 Å². The number of nitrogens with one attached hydrogen (secondary N) is 1. The smallest absolute Gasteiger partial charge is 0.294 e. The van der Waals surface area contributed by atoms with E-state index in [-0.39, 0.29) is 17.3 Å². The van der Waals surface area contributed by atoms with E-state index in [1.807, 2.05) is 78.9 Å². The molecule has 0 spiro atoms. The number of hydrogen-bond acceptors (Lipinski definition) is 8. The number of carbonyl (C=O) groups excluding carboxylic acids is 1. The fourth-order valence-electron chi connectivity index (χ4n) is 4.05. The van der Waals surface area contributed by atoms with Gasteiger partial charge in [-0.15, -0.1) is 5.10 Å². The number of nitrogen functional groups attached to an aromatic ring is 1. The van der Waals surface area contributed by atoms with Crippen molar-refractivity contribution in [3.8, 4) is 28.2 Å². The van der Waals surface area contributed by atoms with Crippen molar-refractivity contribution in [2.24, 2.45) is 5.10 Å². The van der Waals surface area contributed by atoms with E-state index in [1.54, 1.807) is 0 Å². The summed E-state index contributed by atoms with van der Waals surface area (Å²) in [5, 5.41) is 20.0. The quantitative estimate of drug-likeness (QED) is 0.395. The van der Waals surface area contributed by atoms with Crippen molar-refractivity contribution in [1.29, 1.82) is 0 Å². The summed E-state index contributed by atoms with van der Waals surface area (Å²) in [6.45, 7) is 0. The molecule has 1 aliphatic rings. The summed E-state index contributed by atoms with van der Waals surface area (Å²) in [5.41, 5.74) is 14.3. The van der Waals surface area contributed by atoms with Crippen LogP contribution in [0.4, 0.5) is 5.82 Å². The molecule has 10 heteroatoms. The van der Waals surface area contributed by atoms with Gasteiger partial charge in [0.15, 0.2) is 5.69 Å². The van der Waals surface area contributed by atoms with Gasteiger partial charge in [-0.1, -0.05) is 84.1 Å². The maximum atomic E-state index is 13.3. The standard InChI is InChI=1S/C24H16N8O2/c25-22-23(30-34-29-22)32-21(14-8-2-1-3-9-14)20(27-31-32)24(33)28-26-19-17-12-6-4-10-15(17)16-11-5-7-13-18(16)19/h1-13H,(H2,25,29)(H,28,33). The molecular formula is C24H16N8O2. The molecular weight excluding hydrogens is 432 g/mol. The number of fused-ring (bicyclic) bond motifs is 3. The number of carbonyl (C=O) groups is 1. The first-order chi connectivity index (χ1) is 16.7. The Hall–Kier alpha value is -5.12. The Balaban J connectivity index is 1.42. The lowest BCUT2D eigenvalue weighted by Gasteiger charge is -2.06. The highest BCUT2D eigenvalue weighted by Crippen LogP contribution is 2.36. The first kappa shape index (κ1) is 19.6. The lowest BCUT2D eigenvalue weighted by molar-refractivity contribution is 0.0950. The van der Waals surface area contributed by atoms with E-state index in [9.17, 15) is 4.79 Å². The molecule has 0 fully saturated rings. The van der Waals surface area contributed by atoms with E-state index < -0.39 is 5.91 Å². The van der Waals surface area contributed by atoms with Crippen LogP contribution in [0.1, 0.15) is 21.6 Å². The van der Waals surface area contributed by atoms with Crippen molar-refractivity contribution in [2.45, 2.75) is 0 Å². The molecule has 2 heterocycles. The summed E-state index contributed by atoms with van der Waals surface area (Å²) in [4.78, 5) is 13.3. The Morgan fingerprint density at radius 2 is 1.47 bits per heavy atom. The fourth-order valence-corrected chi connectivity index (χ4v) is 4.05. The minimum atomic E-state index is -0.533. The van der Waals surface area contributed by atoms with Crippen LogP contribution < -0.4 is 11.2 Å². The zero-order valence-electron chi connectivity index (χ0n) is 17.6. The molecule has 1 aliphatic carbocycles. The SMILES string of the molecule is Nc1nonc1-n1nnc(C(=O)NN=C2c3ccccc3-c3ccccc32)c1-c1ccccc1. The summed E-state index contributed by atoms with van der Waals surface area (Å²) in [7, 11) is 0. The van der Waals surface area contributed by atoms with Gasteiger partial charge in [0.1, 0.15) is 5.69 Å². The van der Waals surface area contributed by atoms with Gasteiger partial charge in [0.05, 0.1) is 5.71 Å². The van der Waals surface area contributed by atoms with Gasteiger partial charge in [-0.3, -0.25) is 4.79 Å². The maximum absolute atomic E-state index is 13.3. The first-order valence-corrected chi connectivity index (χ1v) is 10.4. The van der Waals surface area contributed by atoms with E-state index in [2.05, 4.69) is 31.2 Å². The van der Waals surface area contributed by atoms with Crippen molar-refractivity contribution < 1.29 is 9.42 Å². The second-order valence-corrected chi connectivity index (χ2v) is 7.53. The second kappa shape index (κ2) is 7.78. The number of hydrogen-bond donors (Lipinski definition) is 2. The molecule has 0 unspecified atom stereocenters. The Morgan fingerprint density at radius 3 is 2.09 bits per heavy atom. The second-order valence-electron chi connectivity index (χ2n) is 7.53. The van der Waals surface area contributed by atoms with Crippen LogP contribution in [0.2, 0.25) is 0 Å². The maximum Gasteiger partial charge on any atom is 0.294 e. The van der Waals surface area contributed by atoms with Crippen LogP contribution in [0.15, 0.2) is 88.6 Å². The van der Waals surface area contributed by atoms with Crippen molar-refractivity contribution >= 4 is 17.4 Å². The van der Waals surface area contributed by atoms with E-state index in [1.165, 1.54) is 4.68 Å².